The Bertz CT molecular complexity index is 1360. The van der Waals surface area contributed by atoms with Crippen LogP contribution in [0.2, 0.25) is 0 Å². The van der Waals surface area contributed by atoms with Crippen molar-refractivity contribution in [2.24, 2.45) is 5.73 Å². The zero-order valence-corrected chi connectivity index (χ0v) is 22.9. The van der Waals surface area contributed by atoms with Gasteiger partial charge in [0.1, 0.15) is 0 Å². The summed E-state index contributed by atoms with van der Waals surface area (Å²) < 4.78 is 0. The number of H-pyrrole nitrogens is 1. The molecule has 2 heterocycles. The third-order valence-electron chi connectivity index (χ3n) is 6.75. The number of rotatable bonds is 10. The third kappa shape index (κ3) is 6.54. The summed E-state index contributed by atoms with van der Waals surface area (Å²) in [4.78, 5) is 27.8. The lowest BCUT2D eigenvalue weighted by Gasteiger charge is -2.35. The molecule has 0 aliphatic heterocycles. The van der Waals surface area contributed by atoms with Crippen molar-refractivity contribution in [3.8, 4) is 0 Å². The van der Waals surface area contributed by atoms with E-state index in [1.54, 1.807) is 6.33 Å². The maximum absolute atomic E-state index is 12.8. The first-order chi connectivity index (χ1) is 18.4. The minimum Gasteiger partial charge on any atom is -0.403 e. The van der Waals surface area contributed by atoms with Gasteiger partial charge in [0, 0.05) is 37.7 Å². The van der Waals surface area contributed by atoms with Gasteiger partial charge in [-0.3, -0.25) is 14.7 Å². The van der Waals surface area contributed by atoms with Crippen molar-refractivity contribution < 1.29 is 4.79 Å². The van der Waals surface area contributed by atoms with Gasteiger partial charge < -0.3 is 16.0 Å². The number of fused-ring (bicyclic) bond motifs is 1. The zero-order chi connectivity index (χ0) is 27.1. The third-order valence-corrected chi connectivity index (χ3v) is 7.41. The minimum atomic E-state index is -0.424. The topological polar surface area (TPSA) is 99.9 Å². The highest BCUT2D eigenvalue weighted by molar-refractivity contribution is 6.40. The van der Waals surface area contributed by atoms with E-state index in [9.17, 15) is 4.79 Å². The monoisotopic (exact) mass is 550 g/mol. The number of nitrogens with two attached hydrogens (primary N) is 1. The van der Waals surface area contributed by atoms with Gasteiger partial charge in [-0.15, -0.1) is 0 Å². The predicted molar refractivity (Wildman–Crippen MR) is 152 cm³/mol. The molecule has 1 unspecified atom stereocenters. The first-order valence-electron chi connectivity index (χ1n) is 12.5. The van der Waals surface area contributed by atoms with Crippen LogP contribution in [0.5, 0.6) is 0 Å². The number of halogens is 2. The normalized spacial score (nSPS) is 16.1. The van der Waals surface area contributed by atoms with Crippen LogP contribution in [0, 0.1) is 6.92 Å². The molecule has 38 heavy (non-hydrogen) atoms. The second kappa shape index (κ2) is 12.9. The SMILES string of the molecule is C=C/C(Cl)=C(C(=O)NCc1cccc(CN(Cc2nc[nH]c2C)C2CCCc3cccnc32)c1)\C(Cl)=C/N. The van der Waals surface area contributed by atoms with Gasteiger partial charge in [-0.25, -0.2) is 4.98 Å². The fourth-order valence-electron chi connectivity index (χ4n) is 4.82. The summed E-state index contributed by atoms with van der Waals surface area (Å²) in [6.07, 6.45) is 9.33. The summed E-state index contributed by atoms with van der Waals surface area (Å²) in [7, 11) is 0. The molecule has 1 atom stereocenters. The Kier molecular flexibility index (Phi) is 9.39. The number of aromatic nitrogens is 3. The Balaban J connectivity index is 1.55. The minimum absolute atomic E-state index is 0.0619. The number of pyridine rings is 1. The number of nitrogens with one attached hydrogen (secondary N) is 2. The Labute approximate surface area is 233 Å². The van der Waals surface area contributed by atoms with Crippen molar-refractivity contribution in [3.63, 3.8) is 0 Å². The number of aromatic amines is 1. The molecule has 1 aromatic carbocycles. The molecule has 0 saturated carbocycles. The van der Waals surface area contributed by atoms with Crippen molar-refractivity contribution in [2.75, 3.05) is 0 Å². The zero-order valence-electron chi connectivity index (χ0n) is 21.4. The summed E-state index contributed by atoms with van der Waals surface area (Å²) >= 11 is 12.3. The van der Waals surface area contributed by atoms with Crippen LogP contribution in [0.25, 0.3) is 0 Å². The number of nitrogens with zero attached hydrogens (tertiary/aromatic N) is 3. The number of hydrogen-bond acceptors (Lipinski definition) is 5. The Hall–Kier alpha value is -3.39. The van der Waals surface area contributed by atoms with Gasteiger partial charge >= 0.3 is 0 Å². The van der Waals surface area contributed by atoms with Gasteiger partial charge in [-0.1, -0.05) is 60.1 Å². The van der Waals surface area contributed by atoms with Gasteiger partial charge in [-0.05, 0) is 55.0 Å². The van der Waals surface area contributed by atoms with Crippen LogP contribution in [0.4, 0.5) is 0 Å². The molecule has 0 spiro atoms. The van der Waals surface area contributed by atoms with Crippen LogP contribution in [-0.2, 0) is 30.8 Å². The molecule has 1 amide bonds. The second-order valence-electron chi connectivity index (χ2n) is 9.28. The number of carbonyl (C=O) groups excluding carboxylic acids is 1. The van der Waals surface area contributed by atoms with Crippen molar-refractivity contribution in [3.05, 3.63) is 117 Å². The van der Waals surface area contributed by atoms with Crippen LogP contribution in [0.1, 0.15) is 52.7 Å². The van der Waals surface area contributed by atoms with Crippen LogP contribution < -0.4 is 11.1 Å². The van der Waals surface area contributed by atoms with E-state index in [-0.39, 0.29) is 21.7 Å². The molecular weight excluding hydrogens is 519 g/mol. The van der Waals surface area contributed by atoms with E-state index >= 15 is 0 Å². The molecule has 1 aliphatic rings. The van der Waals surface area contributed by atoms with Gasteiger partial charge in [-0.2, -0.15) is 0 Å². The van der Waals surface area contributed by atoms with E-state index in [1.165, 1.54) is 11.6 Å². The molecule has 0 bridgehead atoms. The van der Waals surface area contributed by atoms with Crippen molar-refractivity contribution in [2.45, 2.75) is 51.9 Å². The molecule has 4 rings (SSSR count). The molecule has 1 aliphatic carbocycles. The molecule has 4 N–H and O–H groups in total. The smallest absolute Gasteiger partial charge is 0.254 e. The molecule has 2 aromatic heterocycles. The maximum Gasteiger partial charge on any atom is 0.254 e. The van der Waals surface area contributed by atoms with Gasteiger partial charge in [0.05, 0.1) is 39.4 Å². The predicted octanol–water partition coefficient (Wildman–Crippen LogP) is 5.53. The number of imidazole rings is 1. The van der Waals surface area contributed by atoms with E-state index < -0.39 is 5.91 Å². The lowest BCUT2D eigenvalue weighted by atomic mass is 9.90. The lowest BCUT2D eigenvalue weighted by molar-refractivity contribution is -0.117. The standard InChI is InChI=1S/C29H32Cl2N6O/c1-3-23(30)27(24(31)14-32)29(38)34-15-20-7-4-8-21(13-20)16-37(17-25-19(2)35-18-36-25)26-11-5-9-22-10-6-12-33-28(22)26/h3-4,6-8,10,12-14,18,26H,1,5,9,11,15-17,32H2,2H3,(H,34,38)(H,35,36)/b24-14+,27-23-. The molecule has 0 saturated heterocycles. The first kappa shape index (κ1) is 27.6. The quantitative estimate of drug-likeness (QED) is 0.227. The Morgan fingerprint density at radius 3 is 2.79 bits per heavy atom. The molecular formula is C29H32Cl2N6O. The largest absolute Gasteiger partial charge is 0.403 e. The average Bonchev–Trinajstić information content (AvgIpc) is 3.35. The van der Waals surface area contributed by atoms with Crippen LogP contribution in [0.15, 0.2) is 83.4 Å². The van der Waals surface area contributed by atoms with E-state index in [0.29, 0.717) is 19.6 Å². The molecule has 7 nitrogen and oxygen atoms in total. The summed E-state index contributed by atoms with van der Waals surface area (Å²) in [5.74, 6) is -0.424. The highest BCUT2D eigenvalue weighted by Crippen LogP contribution is 2.35. The highest BCUT2D eigenvalue weighted by Gasteiger charge is 2.28. The lowest BCUT2D eigenvalue weighted by Crippen LogP contribution is -2.32. The van der Waals surface area contributed by atoms with Gasteiger partial charge in [0.15, 0.2) is 0 Å². The first-order valence-corrected chi connectivity index (χ1v) is 13.3. The Morgan fingerprint density at radius 1 is 1.24 bits per heavy atom. The second-order valence-corrected chi connectivity index (χ2v) is 10.1. The highest BCUT2D eigenvalue weighted by atomic mass is 35.5. The molecule has 0 radical (unpaired) electrons. The summed E-state index contributed by atoms with van der Waals surface area (Å²) in [6, 6.07) is 12.6. The van der Waals surface area contributed by atoms with Crippen LogP contribution in [0.3, 0.4) is 0 Å². The van der Waals surface area contributed by atoms with Crippen molar-refractivity contribution >= 4 is 29.1 Å². The molecule has 198 valence electrons. The molecule has 3 aromatic rings. The number of allylic oxidation sites excluding steroid dienone is 2. The number of hydrogen-bond donors (Lipinski definition) is 3. The number of aryl methyl sites for hydroxylation is 2. The fraction of sp³-hybridized carbons (Fsp3) is 0.276. The average molecular weight is 552 g/mol. The summed E-state index contributed by atoms with van der Waals surface area (Å²) in [6.45, 7) is 7.38. The van der Waals surface area contributed by atoms with Crippen LogP contribution >= 0.6 is 23.2 Å². The van der Waals surface area contributed by atoms with Crippen molar-refractivity contribution in [1.29, 1.82) is 0 Å². The number of amides is 1. The van der Waals surface area contributed by atoms with E-state index in [2.05, 4.69) is 45.0 Å². The van der Waals surface area contributed by atoms with Crippen LogP contribution in [-0.4, -0.2) is 25.8 Å². The van der Waals surface area contributed by atoms with E-state index in [1.807, 2.05) is 31.3 Å². The van der Waals surface area contributed by atoms with Gasteiger partial charge in [0.2, 0.25) is 0 Å². The fourth-order valence-corrected chi connectivity index (χ4v) is 5.24. The van der Waals surface area contributed by atoms with Gasteiger partial charge in [0.25, 0.3) is 5.91 Å². The summed E-state index contributed by atoms with van der Waals surface area (Å²) in [5, 5.41) is 3.08. The van der Waals surface area contributed by atoms with Crippen molar-refractivity contribution in [1.82, 2.24) is 25.2 Å². The molecule has 0 fully saturated rings. The maximum atomic E-state index is 12.8. The van der Waals surface area contributed by atoms with E-state index in [4.69, 9.17) is 33.9 Å². The molecule has 9 heteroatoms. The Morgan fingerprint density at radius 2 is 2.05 bits per heavy atom. The van der Waals surface area contributed by atoms with E-state index in [0.717, 1.165) is 53.7 Å². The summed E-state index contributed by atoms with van der Waals surface area (Å²) in [5.41, 5.74) is 12.2. The number of carbonyl (C=O) groups is 1. The number of benzene rings is 1.